The summed E-state index contributed by atoms with van der Waals surface area (Å²) in [6.07, 6.45) is 6.66. The first-order valence-corrected chi connectivity index (χ1v) is 16.6. The Kier molecular flexibility index (Phi) is 15.4. The molecule has 0 saturated heterocycles. The molecule has 0 aromatic heterocycles. The topological polar surface area (TPSA) is 96.3 Å². The molecule has 1 N–H and O–H groups in total. The van der Waals surface area contributed by atoms with E-state index in [1.165, 1.54) is 12.3 Å². The zero-order chi connectivity index (χ0) is 34.2. The zero-order valence-electron chi connectivity index (χ0n) is 28.7. The molecule has 0 amide bonds. The van der Waals surface area contributed by atoms with Gasteiger partial charge in [-0.1, -0.05) is 45.4 Å². The van der Waals surface area contributed by atoms with Crippen LogP contribution < -0.4 is 23.7 Å². The maximum Gasteiger partial charge on any atom is 0.305 e. The number of halogens is 1. The van der Waals surface area contributed by atoms with Crippen LogP contribution in [0.25, 0.3) is 0 Å². The van der Waals surface area contributed by atoms with Crippen LogP contribution in [0.1, 0.15) is 107 Å². The summed E-state index contributed by atoms with van der Waals surface area (Å²) in [5, 5.41) is 8.11. The highest BCUT2D eigenvalue weighted by atomic mass is 19.1. The van der Waals surface area contributed by atoms with E-state index in [1.54, 1.807) is 28.1 Å². The van der Waals surface area contributed by atoms with E-state index >= 15 is 4.39 Å². The van der Waals surface area contributed by atoms with Crippen molar-refractivity contribution in [3.63, 3.8) is 0 Å². The molecule has 3 aromatic carbocycles. The Hall–Kier alpha value is -4.27. The Labute approximate surface area is 279 Å². The second-order valence-corrected chi connectivity index (χ2v) is 11.3. The third kappa shape index (κ3) is 10.6. The number of benzene rings is 3. The lowest BCUT2D eigenvalue weighted by atomic mass is 10.0. The highest BCUT2D eigenvalue weighted by Crippen LogP contribution is 2.39. The van der Waals surface area contributed by atoms with Gasteiger partial charge in [0.25, 0.3) is 0 Å². The lowest BCUT2D eigenvalue weighted by molar-refractivity contribution is -0.143. The van der Waals surface area contributed by atoms with Crippen LogP contribution in [0, 0.1) is 18.2 Å². The number of ether oxygens (including phenoxy) is 6. The first-order chi connectivity index (χ1) is 22.8. The molecule has 0 aliphatic rings. The lowest BCUT2D eigenvalue weighted by Crippen LogP contribution is -2.12. The molecule has 0 radical (unpaired) electrons. The number of methoxy groups -OCH3 is 2. The number of carbonyl (C=O) groups excluding carboxylic acids is 1. The predicted molar refractivity (Wildman–Crippen MR) is 182 cm³/mol. The van der Waals surface area contributed by atoms with Gasteiger partial charge >= 0.3 is 5.97 Å². The molecule has 0 aliphatic heterocycles. The summed E-state index contributed by atoms with van der Waals surface area (Å²) in [4.78, 5) is 11.2. The van der Waals surface area contributed by atoms with Crippen LogP contribution in [-0.2, 0) is 9.53 Å². The molecule has 0 aliphatic carbocycles. The average Bonchev–Trinajstić information content (AvgIpc) is 3.10. The molecule has 0 fully saturated rings. The monoisotopic (exact) mass is 651 g/mol. The molecule has 3 rings (SSSR count). The molecule has 0 bridgehead atoms. The number of carbonyl (C=O) groups is 1. The normalized spacial score (nSPS) is 12.1. The van der Waals surface area contributed by atoms with Gasteiger partial charge in [-0.15, -0.1) is 0 Å². The minimum Gasteiger partial charge on any atom is -0.494 e. The third-order valence-corrected chi connectivity index (χ3v) is 7.93. The summed E-state index contributed by atoms with van der Waals surface area (Å²) in [6, 6.07) is 14.8. The van der Waals surface area contributed by atoms with Crippen molar-refractivity contribution in [2.45, 2.75) is 91.3 Å². The van der Waals surface area contributed by atoms with E-state index in [2.05, 4.69) is 0 Å². The summed E-state index contributed by atoms with van der Waals surface area (Å²) >= 11 is 0. The number of unbranched alkanes of at least 4 members (excludes halogenated alkanes) is 3. The minimum atomic E-state index is -0.521. The average molecular weight is 652 g/mol. The Morgan fingerprint density at radius 3 is 2.13 bits per heavy atom. The number of hydrogen-bond acceptors (Lipinski definition) is 8. The zero-order valence-corrected chi connectivity index (χ0v) is 28.7. The van der Waals surface area contributed by atoms with E-state index in [9.17, 15) is 4.79 Å². The Morgan fingerprint density at radius 2 is 1.51 bits per heavy atom. The highest BCUT2D eigenvalue weighted by molar-refractivity contribution is 5.83. The first-order valence-electron chi connectivity index (χ1n) is 16.6. The van der Waals surface area contributed by atoms with Crippen LogP contribution in [-0.4, -0.2) is 39.6 Å². The van der Waals surface area contributed by atoms with E-state index in [1.807, 2.05) is 56.3 Å². The largest absolute Gasteiger partial charge is 0.494 e. The molecule has 47 heavy (non-hydrogen) atoms. The maximum atomic E-state index is 15.9. The van der Waals surface area contributed by atoms with E-state index in [0.717, 1.165) is 49.0 Å². The fourth-order valence-corrected chi connectivity index (χ4v) is 5.23. The van der Waals surface area contributed by atoms with Crippen LogP contribution in [0.15, 0.2) is 48.5 Å². The molecule has 9 heteroatoms. The standard InChI is InChI=1S/C38H50FNO7/c1-7-14-32(28-17-20-33(42-5)34(23-28)43-6)46-35-24-29(25-40)38(26(4)37(35)39)47-31(8-2)27-15-18-30(19-16-27)44-21-12-10-11-13-22-45-36(41)9-3/h15-20,23-25,31-32,40H,7-14,21-22H2,1-6H3. The van der Waals surface area contributed by atoms with Crippen molar-refractivity contribution >= 4 is 12.2 Å². The van der Waals surface area contributed by atoms with Crippen molar-refractivity contribution in [3.8, 4) is 28.7 Å². The van der Waals surface area contributed by atoms with Crippen molar-refractivity contribution in [2.24, 2.45) is 0 Å². The van der Waals surface area contributed by atoms with Gasteiger partial charge in [-0.25, -0.2) is 4.39 Å². The smallest absolute Gasteiger partial charge is 0.305 e. The summed E-state index contributed by atoms with van der Waals surface area (Å²) in [5.74, 6) is 1.64. The molecule has 2 atom stereocenters. The molecular weight excluding hydrogens is 601 g/mol. The second kappa shape index (κ2) is 19.4. The maximum absolute atomic E-state index is 15.9. The van der Waals surface area contributed by atoms with Gasteiger partial charge in [0.2, 0.25) is 0 Å². The van der Waals surface area contributed by atoms with Crippen LogP contribution in [0.5, 0.6) is 28.7 Å². The molecule has 0 spiro atoms. The first kappa shape index (κ1) is 37.2. The molecule has 8 nitrogen and oxygen atoms in total. The van der Waals surface area contributed by atoms with Crippen LogP contribution >= 0.6 is 0 Å². The van der Waals surface area contributed by atoms with Crippen molar-refractivity contribution in [1.29, 1.82) is 5.41 Å². The van der Waals surface area contributed by atoms with E-state index in [-0.39, 0.29) is 23.4 Å². The number of rotatable bonds is 21. The molecule has 3 aromatic rings. The van der Waals surface area contributed by atoms with Crippen LogP contribution in [0.4, 0.5) is 4.39 Å². The Bertz CT molecular complexity index is 1430. The fraction of sp³-hybridized carbons (Fsp3) is 0.474. The number of esters is 1. The van der Waals surface area contributed by atoms with Crippen molar-refractivity contribution in [1.82, 2.24) is 0 Å². The quantitative estimate of drug-likeness (QED) is 0.0696. The van der Waals surface area contributed by atoms with Gasteiger partial charge in [-0.05, 0) is 86.9 Å². The summed E-state index contributed by atoms with van der Waals surface area (Å²) in [6.45, 7) is 8.56. The SMILES string of the molecule is CCCC(Oc1cc(C=N)c(OC(CC)c2ccc(OCCCCCCOC(=O)CC)cc2)c(C)c1F)c1ccc(OC)c(OC)c1. The van der Waals surface area contributed by atoms with Gasteiger partial charge in [0.05, 0.1) is 27.4 Å². The van der Waals surface area contributed by atoms with Crippen LogP contribution in [0.2, 0.25) is 0 Å². The lowest BCUT2D eigenvalue weighted by Gasteiger charge is -2.24. The second-order valence-electron chi connectivity index (χ2n) is 11.3. The van der Waals surface area contributed by atoms with Gasteiger partial charge in [0, 0.05) is 23.8 Å². The number of hydrogen-bond donors (Lipinski definition) is 1. The molecule has 0 saturated carbocycles. The van der Waals surface area contributed by atoms with Gasteiger partial charge in [0.1, 0.15) is 23.7 Å². The predicted octanol–water partition coefficient (Wildman–Crippen LogP) is 9.49. The van der Waals surface area contributed by atoms with Crippen molar-refractivity contribution in [2.75, 3.05) is 27.4 Å². The molecular formula is C38H50FNO7. The van der Waals surface area contributed by atoms with E-state index < -0.39 is 11.9 Å². The van der Waals surface area contributed by atoms with Crippen molar-refractivity contribution in [3.05, 3.63) is 76.6 Å². The van der Waals surface area contributed by atoms with Gasteiger partial charge in [-0.2, -0.15) is 0 Å². The van der Waals surface area contributed by atoms with Gasteiger partial charge in [0.15, 0.2) is 23.1 Å². The van der Waals surface area contributed by atoms with Gasteiger partial charge in [-0.3, -0.25) is 4.79 Å². The van der Waals surface area contributed by atoms with Crippen LogP contribution in [0.3, 0.4) is 0 Å². The van der Waals surface area contributed by atoms with E-state index in [4.69, 9.17) is 33.8 Å². The summed E-state index contributed by atoms with van der Waals surface area (Å²) in [5.41, 5.74) is 2.48. The molecule has 2 unspecified atom stereocenters. The fourth-order valence-electron chi connectivity index (χ4n) is 5.23. The van der Waals surface area contributed by atoms with Crippen molar-refractivity contribution < 1.29 is 37.6 Å². The minimum absolute atomic E-state index is 0.0658. The van der Waals surface area contributed by atoms with E-state index in [0.29, 0.717) is 55.3 Å². The number of nitrogens with one attached hydrogen (secondary N) is 1. The Morgan fingerprint density at radius 1 is 0.830 bits per heavy atom. The summed E-state index contributed by atoms with van der Waals surface area (Å²) in [7, 11) is 3.15. The van der Waals surface area contributed by atoms with Gasteiger partial charge < -0.3 is 33.8 Å². The third-order valence-electron chi connectivity index (χ3n) is 7.93. The molecule has 0 heterocycles. The summed E-state index contributed by atoms with van der Waals surface area (Å²) < 4.78 is 50.4. The highest BCUT2D eigenvalue weighted by Gasteiger charge is 2.24. The molecule has 256 valence electrons. The Balaban J connectivity index is 1.67.